The molecule has 0 aromatic carbocycles. The summed E-state index contributed by atoms with van der Waals surface area (Å²) in [4.78, 5) is 2.17. The van der Waals surface area contributed by atoms with Crippen LogP contribution in [0, 0.1) is 0 Å². The standard InChI is InChI=1S/C11H18N4O3S/c1-19(16,17)5-4-14-3-2-11-10(7-14)15-9(8-18-11)6-12-13-15/h6,10-11H,2-5,7-8H2,1H3/t10-,11-/m0/s1. The molecule has 8 heteroatoms. The van der Waals surface area contributed by atoms with Gasteiger partial charge in [-0.1, -0.05) is 5.21 Å². The number of aromatic nitrogens is 3. The van der Waals surface area contributed by atoms with Crippen molar-refractivity contribution in [1.29, 1.82) is 0 Å². The van der Waals surface area contributed by atoms with E-state index in [1.807, 2.05) is 4.68 Å². The minimum atomic E-state index is -2.91. The summed E-state index contributed by atoms with van der Waals surface area (Å²) in [7, 11) is -2.91. The lowest BCUT2D eigenvalue weighted by Crippen LogP contribution is -2.48. The van der Waals surface area contributed by atoms with Crippen molar-refractivity contribution in [3.8, 4) is 0 Å². The summed E-state index contributed by atoms with van der Waals surface area (Å²) in [6.45, 7) is 2.79. The van der Waals surface area contributed by atoms with Crippen molar-refractivity contribution in [2.24, 2.45) is 0 Å². The fourth-order valence-electron chi connectivity index (χ4n) is 2.74. The van der Waals surface area contributed by atoms with Crippen molar-refractivity contribution >= 4 is 9.84 Å². The van der Waals surface area contributed by atoms with E-state index in [2.05, 4.69) is 15.2 Å². The Bertz CT molecular complexity index is 556. The number of piperidine rings is 1. The zero-order chi connectivity index (χ0) is 13.5. The van der Waals surface area contributed by atoms with E-state index in [1.165, 1.54) is 6.26 Å². The first kappa shape index (κ1) is 13.0. The lowest BCUT2D eigenvalue weighted by Gasteiger charge is -2.40. The number of hydrogen-bond acceptors (Lipinski definition) is 6. The minimum absolute atomic E-state index is 0.152. The first-order valence-corrected chi connectivity index (χ1v) is 8.50. The predicted molar refractivity (Wildman–Crippen MR) is 68.4 cm³/mol. The van der Waals surface area contributed by atoms with Gasteiger partial charge in [-0.15, -0.1) is 5.10 Å². The topological polar surface area (TPSA) is 77.3 Å². The van der Waals surface area contributed by atoms with Gasteiger partial charge < -0.3 is 4.74 Å². The molecule has 1 fully saturated rings. The molecule has 7 nitrogen and oxygen atoms in total. The summed E-state index contributed by atoms with van der Waals surface area (Å²) >= 11 is 0. The van der Waals surface area contributed by atoms with Crippen LogP contribution in [-0.4, -0.2) is 66.1 Å². The molecular weight excluding hydrogens is 268 g/mol. The quantitative estimate of drug-likeness (QED) is 0.743. The second-order valence-electron chi connectivity index (χ2n) is 5.31. The third kappa shape index (κ3) is 2.80. The monoisotopic (exact) mass is 286 g/mol. The second kappa shape index (κ2) is 4.84. The third-order valence-corrected chi connectivity index (χ3v) is 4.72. The van der Waals surface area contributed by atoms with Crippen LogP contribution in [0.25, 0.3) is 0 Å². The van der Waals surface area contributed by atoms with Crippen molar-refractivity contribution in [2.75, 3.05) is 31.6 Å². The zero-order valence-corrected chi connectivity index (χ0v) is 11.7. The fraction of sp³-hybridized carbons (Fsp3) is 0.818. The lowest BCUT2D eigenvalue weighted by molar-refractivity contribution is -0.0646. The van der Waals surface area contributed by atoms with Crippen LogP contribution in [0.4, 0.5) is 0 Å². The molecule has 2 aliphatic heterocycles. The Labute approximate surface area is 112 Å². The molecule has 19 heavy (non-hydrogen) atoms. The van der Waals surface area contributed by atoms with Gasteiger partial charge >= 0.3 is 0 Å². The van der Waals surface area contributed by atoms with E-state index in [0.717, 1.165) is 25.2 Å². The fourth-order valence-corrected chi connectivity index (χ4v) is 3.33. The van der Waals surface area contributed by atoms with Crippen LogP contribution in [0.3, 0.4) is 0 Å². The number of fused-ring (bicyclic) bond motifs is 3. The van der Waals surface area contributed by atoms with Gasteiger partial charge in [-0.3, -0.25) is 4.90 Å². The molecule has 0 bridgehead atoms. The van der Waals surface area contributed by atoms with Crippen LogP contribution >= 0.6 is 0 Å². The van der Waals surface area contributed by atoms with E-state index >= 15 is 0 Å². The van der Waals surface area contributed by atoms with Crippen molar-refractivity contribution in [2.45, 2.75) is 25.2 Å². The van der Waals surface area contributed by atoms with E-state index in [9.17, 15) is 8.42 Å². The van der Waals surface area contributed by atoms with E-state index in [1.54, 1.807) is 6.20 Å². The van der Waals surface area contributed by atoms with Crippen molar-refractivity contribution in [3.05, 3.63) is 11.9 Å². The van der Waals surface area contributed by atoms with Crippen LogP contribution < -0.4 is 0 Å². The van der Waals surface area contributed by atoms with Crippen LogP contribution in [0.2, 0.25) is 0 Å². The molecule has 0 N–H and O–H groups in total. The summed E-state index contributed by atoms with van der Waals surface area (Å²) in [5.74, 6) is 0.204. The van der Waals surface area contributed by atoms with E-state index in [0.29, 0.717) is 13.2 Å². The first-order valence-electron chi connectivity index (χ1n) is 6.44. The summed E-state index contributed by atoms with van der Waals surface area (Å²) in [6, 6.07) is 0.152. The normalized spacial score (nSPS) is 27.8. The number of sulfone groups is 1. The van der Waals surface area contributed by atoms with Crippen LogP contribution in [0.1, 0.15) is 18.2 Å². The molecule has 0 spiro atoms. The molecule has 3 heterocycles. The summed E-state index contributed by atoms with van der Waals surface area (Å²) < 4.78 is 30.2. The Morgan fingerprint density at radius 2 is 2.37 bits per heavy atom. The Morgan fingerprint density at radius 3 is 3.16 bits per heavy atom. The van der Waals surface area contributed by atoms with Gasteiger partial charge in [0.1, 0.15) is 9.84 Å². The third-order valence-electron chi connectivity index (χ3n) is 3.79. The van der Waals surface area contributed by atoms with Gasteiger partial charge in [-0.2, -0.15) is 0 Å². The molecule has 106 valence electrons. The average molecular weight is 286 g/mol. The molecule has 0 radical (unpaired) electrons. The highest BCUT2D eigenvalue weighted by Crippen LogP contribution is 2.29. The molecule has 1 aromatic rings. The number of rotatable bonds is 3. The average Bonchev–Trinajstić information content (AvgIpc) is 2.84. The Balaban J connectivity index is 1.69. The van der Waals surface area contributed by atoms with Crippen molar-refractivity contribution in [1.82, 2.24) is 19.9 Å². The number of ether oxygens (including phenoxy) is 1. The van der Waals surface area contributed by atoms with Crippen LogP contribution in [0.15, 0.2) is 6.20 Å². The van der Waals surface area contributed by atoms with Gasteiger partial charge in [0.2, 0.25) is 0 Å². The first-order chi connectivity index (χ1) is 9.03. The highest BCUT2D eigenvalue weighted by molar-refractivity contribution is 7.90. The molecule has 0 saturated carbocycles. The molecule has 1 saturated heterocycles. The SMILES string of the molecule is CS(=O)(=O)CCN1CC[C@@H]2OCc3cnnn3[C@H]2C1. The number of nitrogens with zero attached hydrogens (tertiary/aromatic N) is 4. The Morgan fingerprint density at radius 1 is 1.53 bits per heavy atom. The molecule has 2 aliphatic rings. The highest BCUT2D eigenvalue weighted by Gasteiger charge is 2.36. The van der Waals surface area contributed by atoms with Crippen molar-refractivity contribution < 1.29 is 13.2 Å². The largest absolute Gasteiger partial charge is 0.370 e. The van der Waals surface area contributed by atoms with Crippen molar-refractivity contribution in [3.63, 3.8) is 0 Å². The maximum Gasteiger partial charge on any atom is 0.148 e. The van der Waals surface area contributed by atoms with Gasteiger partial charge in [0.25, 0.3) is 0 Å². The maximum absolute atomic E-state index is 11.2. The summed E-state index contributed by atoms with van der Waals surface area (Å²) in [5, 5.41) is 8.05. The molecule has 2 atom stereocenters. The zero-order valence-electron chi connectivity index (χ0n) is 10.9. The van der Waals surface area contributed by atoms with Gasteiger partial charge in [0.15, 0.2) is 0 Å². The number of likely N-dealkylation sites (tertiary alicyclic amines) is 1. The Kier molecular flexibility index (Phi) is 3.32. The van der Waals surface area contributed by atoms with E-state index in [-0.39, 0.29) is 17.9 Å². The smallest absolute Gasteiger partial charge is 0.148 e. The van der Waals surface area contributed by atoms with Crippen LogP contribution in [0.5, 0.6) is 0 Å². The minimum Gasteiger partial charge on any atom is -0.370 e. The van der Waals surface area contributed by atoms with E-state index < -0.39 is 9.84 Å². The lowest BCUT2D eigenvalue weighted by atomic mass is 10.0. The highest BCUT2D eigenvalue weighted by atomic mass is 32.2. The molecule has 1 aromatic heterocycles. The van der Waals surface area contributed by atoms with E-state index in [4.69, 9.17) is 4.74 Å². The summed E-state index contributed by atoms with van der Waals surface area (Å²) in [5.41, 5.74) is 0.992. The molecular formula is C11H18N4O3S. The molecule has 0 amide bonds. The van der Waals surface area contributed by atoms with Gasteiger partial charge in [-0.05, 0) is 6.42 Å². The summed E-state index contributed by atoms with van der Waals surface area (Å²) in [6.07, 6.45) is 4.09. The van der Waals surface area contributed by atoms with Gasteiger partial charge in [0.05, 0.1) is 36.4 Å². The van der Waals surface area contributed by atoms with Gasteiger partial charge in [-0.25, -0.2) is 13.1 Å². The predicted octanol–water partition coefficient (Wildman–Crippen LogP) is -0.532. The molecule has 3 rings (SSSR count). The Hall–Kier alpha value is -0.990. The second-order valence-corrected chi connectivity index (χ2v) is 7.57. The van der Waals surface area contributed by atoms with Gasteiger partial charge in [0, 0.05) is 25.9 Å². The van der Waals surface area contributed by atoms with Crippen LogP contribution in [-0.2, 0) is 21.2 Å². The molecule has 0 aliphatic carbocycles. The molecule has 0 unspecified atom stereocenters. The maximum atomic E-state index is 11.2. The number of hydrogen-bond donors (Lipinski definition) is 0.